The molecule has 3 rings (SSSR count). The van der Waals surface area contributed by atoms with Crippen molar-refractivity contribution in [1.29, 1.82) is 0 Å². The highest BCUT2D eigenvalue weighted by Crippen LogP contribution is 2.27. The van der Waals surface area contributed by atoms with Gasteiger partial charge in [0.15, 0.2) is 0 Å². The molecule has 1 atom stereocenters. The maximum Gasteiger partial charge on any atom is 0.126 e. The van der Waals surface area contributed by atoms with Gasteiger partial charge in [-0.25, -0.2) is 4.39 Å². The fraction of sp³-hybridized carbons (Fsp3) is 0.400. The zero-order valence-electron chi connectivity index (χ0n) is 11.3. The van der Waals surface area contributed by atoms with E-state index in [0.717, 1.165) is 29.9 Å². The largest absolute Gasteiger partial charge is 0.309 e. The van der Waals surface area contributed by atoms with Crippen molar-refractivity contribution >= 4 is 0 Å². The first-order valence-electron chi connectivity index (χ1n) is 6.69. The molecular weight excluding hydrogens is 241 g/mol. The Morgan fingerprint density at radius 3 is 2.89 bits per heavy atom. The Kier molecular flexibility index (Phi) is 3.11. The predicted octanol–water partition coefficient (Wildman–Crippen LogP) is 2.96. The van der Waals surface area contributed by atoms with Crippen LogP contribution in [0.3, 0.4) is 0 Å². The third-order valence-electron chi connectivity index (χ3n) is 3.77. The zero-order chi connectivity index (χ0) is 13.4. The van der Waals surface area contributed by atoms with Crippen molar-refractivity contribution in [3.05, 3.63) is 41.3 Å². The summed E-state index contributed by atoms with van der Waals surface area (Å²) in [6, 6.07) is 7.67. The van der Waals surface area contributed by atoms with Crippen molar-refractivity contribution in [2.45, 2.75) is 25.8 Å². The van der Waals surface area contributed by atoms with Crippen LogP contribution in [-0.2, 0) is 7.05 Å². The van der Waals surface area contributed by atoms with Crippen LogP contribution in [0.2, 0.25) is 0 Å². The van der Waals surface area contributed by atoms with Gasteiger partial charge in [0.1, 0.15) is 5.82 Å². The van der Waals surface area contributed by atoms with Gasteiger partial charge in [-0.05, 0) is 56.1 Å². The molecule has 0 aliphatic carbocycles. The molecule has 0 amide bonds. The van der Waals surface area contributed by atoms with Gasteiger partial charge in [0.2, 0.25) is 0 Å². The van der Waals surface area contributed by atoms with Crippen LogP contribution in [0.5, 0.6) is 0 Å². The molecule has 1 aliphatic heterocycles. The number of nitrogens with zero attached hydrogens (tertiary/aromatic N) is 2. The molecule has 1 fully saturated rings. The summed E-state index contributed by atoms with van der Waals surface area (Å²) in [4.78, 5) is 0. The summed E-state index contributed by atoms with van der Waals surface area (Å²) in [6.45, 7) is 2.85. The first-order valence-corrected chi connectivity index (χ1v) is 6.69. The smallest absolute Gasteiger partial charge is 0.126 e. The number of benzene rings is 1. The van der Waals surface area contributed by atoms with Crippen molar-refractivity contribution in [3.63, 3.8) is 0 Å². The topological polar surface area (TPSA) is 29.9 Å². The molecule has 0 bridgehead atoms. The Balaban J connectivity index is 1.97. The summed E-state index contributed by atoms with van der Waals surface area (Å²) >= 11 is 0. The van der Waals surface area contributed by atoms with Crippen LogP contribution in [0, 0.1) is 12.7 Å². The van der Waals surface area contributed by atoms with Crippen LogP contribution < -0.4 is 5.32 Å². The summed E-state index contributed by atoms with van der Waals surface area (Å²) < 4.78 is 15.2. The van der Waals surface area contributed by atoms with Gasteiger partial charge >= 0.3 is 0 Å². The predicted molar refractivity (Wildman–Crippen MR) is 73.3 cm³/mol. The van der Waals surface area contributed by atoms with Crippen LogP contribution in [0.15, 0.2) is 24.3 Å². The number of aromatic nitrogens is 2. The molecule has 4 heteroatoms. The number of nitrogens with one attached hydrogen (secondary N) is 1. The molecule has 0 radical (unpaired) electrons. The molecule has 1 aliphatic rings. The van der Waals surface area contributed by atoms with Crippen molar-refractivity contribution in [2.24, 2.45) is 7.05 Å². The number of rotatable bonds is 2. The maximum absolute atomic E-state index is 13.3. The summed E-state index contributed by atoms with van der Waals surface area (Å²) in [5.74, 6) is -0.163. The minimum absolute atomic E-state index is 0.163. The van der Waals surface area contributed by atoms with Crippen molar-refractivity contribution < 1.29 is 4.39 Å². The van der Waals surface area contributed by atoms with Gasteiger partial charge in [0.25, 0.3) is 0 Å². The molecule has 0 saturated carbocycles. The van der Waals surface area contributed by atoms with E-state index in [-0.39, 0.29) is 5.82 Å². The summed E-state index contributed by atoms with van der Waals surface area (Å²) in [5.41, 5.74) is 3.79. The number of hydrogen-bond donors (Lipinski definition) is 1. The van der Waals surface area contributed by atoms with Crippen molar-refractivity contribution in [3.8, 4) is 11.3 Å². The highest BCUT2D eigenvalue weighted by molar-refractivity contribution is 5.61. The third-order valence-corrected chi connectivity index (χ3v) is 3.77. The summed E-state index contributed by atoms with van der Waals surface area (Å²) in [7, 11) is 1.94. The number of halogens is 1. The highest BCUT2D eigenvalue weighted by Gasteiger charge is 2.20. The molecule has 1 unspecified atom stereocenters. The molecule has 100 valence electrons. The fourth-order valence-electron chi connectivity index (χ4n) is 2.67. The molecule has 1 N–H and O–H groups in total. The van der Waals surface area contributed by atoms with Crippen molar-refractivity contribution in [2.75, 3.05) is 6.54 Å². The Labute approximate surface area is 112 Å². The van der Waals surface area contributed by atoms with Crippen LogP contribution in [0.25, 0.3) is 11.3 Å². The zero-order valence-corrected chi connectivity index (χ0v) is 11.3. The average molecular weight is 259 g/mol. The van der Waals surface area contributed by atoms with Crippen molar-refractivity contribution in [1.82, 2.24) is 15.1 Å². The van der Waals surface area contributed by atoms with E-state index in [4.69, 9.17) is 0 Å². The minimum Gasteiger partial charge on any atom is -0.309 e. The second-order valence-electron chi connectivity index (χ2n) is 5.19. The lowest BCUT2D eigenvalue weighted by atomic mass is 10.1. The normalized spacial score (nSPS) is 19.0. The van der Waals surface area contributed by atoms with E-state index < -0.39 is 0 Å². The minimum atomic E-state index is -0.163. The number of aryl methyl sites for hydroxylation is 2. The molecular formula is C15H18FN3. The highest BCUT2D eigenvalue weighted by atomic mass is 19.1. The van der Waals surface area contributed by atoms with Gasteiger partial charge in [0.05, 0.1) is 17.4 Å². The lowest BCUT2D eigenvalue weighted by Gasteiger charge is -2.04. The molecule has 2 aromatic rings. The first-order chi connectivity index (χ1) is 9.15. The number of hydrogen-bond acceptors (Lipinski definition) is 2. The average Bonchev–Trinajstić information content (AvgIpc) is 3.01. The molecule has 3 nitrogen and oxygen atoms in total. The van der Waals surface area contributed by atoms with E-state index in [2.05, 4.69) is 16.5 Å². The van der Waals surface area contributed by atoms with E-state index in [0.29, 0.717) is 11.6 Å². The van der Waals surface area contributed by atoms with Crippen LogP contribution >= 0.6 is 0 Å². The van der Waals surface area contributed by atoms with Crippen LogP contribution in [0.1, 0.15) is 30.1 Å². The van der Waals surface area contributed by atoms with Gasteiger partial charge in [0, 0.05) is 12.6 Å². The van der Waals surface area contributed by atoms with Gasteiger partial charge in [-0.1, -0.05) is 0 Å². The second kappa shape index (κ2) is 4.78. The molecule has 1 aromatic heterocycles. The molecule has 0 spiro atoms. The SMILES string of the molecule is Cc1cc(-c2cc(C3CCCN3)nn2C)ccc1F. The Bertz CT molecular complexity index is 597. The first kappa shape index (κ1) is 12.4. The standard InChI is InChI=1S/C15H18FN3/c1-10-8-11(5-6-12(10)16)15-9-14(18-19(15)2)13-4-3-7-17-13/h5-6,8-9,13,17H,3-4,7H2,1-2H3. The quantitative estimate of drug-likeness (QED) is 0.898. The summed E-state index contributed by atoms with van der Waals surface area (Å²) in [5, 5.41) is 8.03. The molecule has 1 saturated heterocycles. The Hall–Kier alpha value is -1.68. The van der Waals surface area contributed by atoms with Gasteiger partial charge in [-0.3, -0.25) is 4.68 Å². The maximum atomic E-state index is 13.3. The van der Waals surface area contributed by atoms with Gasteiger partial charge in [-0.15, -0.1) is 0 Å². The monoisotopic (exact) mass is 259 g/mol. The van der Waals surface area contributed by atoms with E-state index in [9.17, 15) is 4.39 Å². The Morgan fingerprint density at radius 1 is 1.37 bits per heavy atom. The van der Waals surface area contributed by atoms with E-state index in [1.807, 2.05) is 23.9 Å². The van der Waals surface area contributed by atoms with Crippen LogP contribution in [0.4, 0.5) is 4.39 Å². The van der Waals surface area contributed by atoms with E-state index in [1.165, 1.54) is 12.5 Å². The van der Waals surface area contributed by atoms with Gasteiger partial charge < -0.3 is 5.32 Å². The lowest BCUT2D eigenvalue weighted by Crippen LogP contribution is -2.13. The summed E-state index contributed by atoms with van der Waals surface area (Å²) in [6.07, 6.45) is 2.34. The lowest BCUT2D eigenvalue weighted by molar-refractivity contribution is 0.607. The third kappa shape index (κ3) is 2.28. The van der Waals surface area contributed by atoms with Crippen LogP contribution in [-0.4, -0.2) is 16.3 Å². The molecule has 1 aromatic carbocycles. The Morgan fingerprint density at radius 2 is 2.21 bits per heavy atom. The molecule has 19 heavy (non-hydrogen) atoms. The second-order valence-corrected chi connectivity index (χ2v) is 5.19. The molecule has 2 heterocycles. The fourth-order valence-corrected chi connectivity index (χ4v) is 2.67. The van der Waals surface area contributed by atoms with E-state index >= 15 is 0 Å². The van der Waals surface area contributed by atoms with E-state index in [1.54, 1.807) is 6.92 Å². The van der Waals surface area contributed by atoms with Gasteiger partial charge in [-0.2, -0.15) is 5.10 Å².